The Morgan fingerprint density at radius 2 is 2.16 bits per heavy atom. The van der Waals surface area contributed by atoms with Gasteiger partial charge in [-0.15, -0.1) is 0 Å². The molecular weight excluding hydrogens is 332 g/mol. The molecule has 2 aromatic rings. The number of benzene rings is 1. The van der Waals surface area contributed by atoms with Gasteiger partial charge in [0, 0.05) is 16.4 Å². The summed E-state index contributed by atoms with van der Waals surface area (Å²) in [5, 5.41) is 12.6. The lowest BCUT2D eigenvalue weighted by Gasteiger charge is -2.07. The number of nitrogens with one attached hydrogen (secondary N) is 1. The number of rotatable bonds is 4. The Hall–Kier alpha value is -1.59. The average Bonchev–Trinajstić information content (AvgIpc) is 2.40. The van der Waals surface area contributed by atoms with Gasteiger partial charge in [-0.2, -0.15) is 0 Å². The van der Waals surface area contributed by atoms with Crippen molar-refractivity contribution in [2.75, 3.05) is 5.32 Å². The number of hydrogen-bond acceptors (Lipinski definition) is 3. The van der Waals surface area contributed by atoms with E-state index in [2.05, 4.69) is 26.2 Å². The molecule has 0 amide bonds. The smallest absolute Gasteiger partial charge is 0.337 e. The molecule has 0 bridgehead atoms. The Bertz CT molecular complexity index is 602. The Morgan fingerprint density at radius 3 is 2.74 bits per heavy atom. The van der Waals surface area contributed by atoms with Crippen molar-refractivity contribution in [2.24, 2.45) is 0 Å². The highest BCUT2D eigenvalue weighted by atomic mass is 79.9. The number of hydrogen-bond donors (Lipinski definition) is 2. The quantitative estimate of drug-likeness (QED) is 0.888. The zero-order chi connectivity index (χ0) is 13.8. The van der Waals surface area contributed by atoms with Crippen LogP contribution in [0.3, 0.4) is 0 Å². The number of anilines is 1. The highest BCUT2D eigenvalue weighted by Crippen LogP contribution is 2.25. The van der Waals surface area contributed by atoms with Crippen LogP contribution in [0.5, 0.6) is 0 Å². The molecule has 0 saturated heterocycles. The number of carboxylic acid groups (broad SMARTS) is 1. The van der Waals surface area contributed by atoms with Crippen LogP contribution in [0.2, 0.25) is 5.02 Å². The predicted octanol–water partition coefficient (Wildman–Crippen LogP) is 3.81. The average molecular weight is 342 g/mol. The van der Waals surface area contributed by atoms with Gasteiger partial charge in [0.15, 0.2) is 0 Å². The number of aromatic nitrogens is 1. The summed E-state index contributed by atoms with van der Waals surface area (Å²) in [6.07, 6.45) is 1.34. The molecule has 1 aromatic carbocycles. The van der Waals surface area contributed by atoms with Crippen LogP contribution in [0.1, 0.15) is 16.1 Å². The van der Waals surface area contributed by atoms with E-state index in [0.29, 0.717) is 11.6 Å². The highest BCUT2D eigenvalue weighted by Gasteiger charge is 2.03. The molecule has 4 nitrogen and oxygen atoms in total. The Morgan fingerprint density at radius 1 is 1.37 bits per heavy atom. The van der Waals surface area contributed by atoms with Gasteiger partial charge in [-0.05, 0) is 46.3 Å². The number of pyridine rings is 1. The van der Waals surface area contributed by atoms with E-state index in [1.54, 1.807) is 12.1 Å². The fraction of sp³-hybridized carbons (Fsp3) is 0.0769. The van der Waals surface area contributed by atoms with Crippen molar-refractivity contribution in [3.63, 3.8) is 0 Å². The van der Waals surface area contributed by atoms with Gasteiger partial charge < -0.3 is 10.4 Å². The summed E-state index contributed by atoms with van der Waals surface area (Å²) < 4.78 is 0.813. The number of nitrogens with zero attached hydrogens (tertiary/aromatic N) is 1. The molecule has 19 heavy (non-hydrogen) atoms. The van der Waals surface area contributed by atoms with E-state index in [1.165, 1.54) is 12.3 Å². The maximum absolute atomic E-state index is 10.7. The van der Waals surface area contributed by atoms with E-state index in [0.717, 1.165) is 15.9 Å². The Balaban J connectivity index is 2.01. The van der Waals surface area contributed by atoms with E-state index < -0.39 is 5.97 Å². The number of halogens is 2. The van der Waals surface area contributed by atoms with Crippen molar-refractivity contribution < 1.29 is 9.90 Å². The summed E-state index contributed by atoms with van der Waals surface area (Å²) >= 11 is 9.25. The van der Waals surface area contributed by atoms with Crippen molar-refractivity contribution >= 4 is 39.2 Å². The van der Waals surface area contributed by atoms with Crippen molar-refractivity contribution in [3.05, 3.63) is 57.3 Å². The molecule has 2 rings (SSSR count). The van der Waals surface area contributed by atoms with Crippen molar-refractivity contribution in [2.45, 2.75) is 6.54 Å². The van der Waals surface area contributed by atoms with Gasteiger partial charge in [-0.25, -0.2) is 4.79 Å². The molecule has 0 atom stereocenters. The second-order valence-corrected chi connectivity index (χ2v) is 5.09. The summed E-state index contributed by atoms with van der Waals surface area (Å²) in [6, 6.07) is 8.73. The van der Waals surface area contributed by atoms with Gasteiger partial charge in [0.1, 0.15) is 0 Å². The molecule has 98 valence electrons. The van der Waals surface area contributed by atoms with Crippen molar-refractivity contribution in [3.8, 4) is 0 Å². The minimum atomic E-state index is -0.978. The minimum Gasteiger partial charge on any atom is -0.478 e. The summed E-state index contributed by atoms with van der Waals surface area (Å²) in [7, 11) is 0. The Labute approximate surface area is 123 Å². The third-order valence-electron chi connectivity index (χ3n) is 2.46. The number of aromatic carboxylic acids is 1. The monoisotopic (exact) mass is 340 g/mol. The molecule has 0 saturated carbocycles. The lowest BCUT2D eigenvalue weighted by Crippen LogP contribution is -2.03. The molecule has 0 aliphatic heterocycles. The maximum atomic E-state index is 10.7. The highest BCUT2D eigenvalue weighted by molar-refractivity contribution is 9.10. The van der Waals surface area contributed by atoms with Crippen LogP contribution in [-0.2, 0) is 6.54 Å². The zero-order valence-corrected chi connectivity index (χ0v) is 12.1. The predicted molar refractivity (Wildman–Crippen MR) is 77.7 cm³/mol. The molecule has 0 aliphatic rings. The molecule has 0 aliphatic carbocycles. The third kappa shape index (κ3) is 3.68. The van der Waals surface area contributed by atoms with Gasteiger partial charge in [0.05, 0.1) is 22.8 Å². The molecule has 0 fully saturated rings. The fourth-order valence-electron chi connectivity index (χ4n) is 1.45. The Kier molecular flexibility index (Phi) is 4.39. The standard InChI is InChI=1S/C13H10BrClN2O2/c14-11-5-9(3-4-12(11)15)17-7-10-2-1-8(6-16-10)13(18)19/h1-6,17H,7H2,(H,18,19). The first-order valence-electron chi connectivity index (χ1n) is 5.43. The van der Waals surface area contributed by atoms with Crippen LogP contribution in [0.25, 0.3) is 0 Å². The first-order valence-corrected chi connectivity index (χ1v) is 6.60. The molecule has 6 heteroatoms. The van der Waals surface area contributed by atoms with E-state index in [1.807, 2.05) is 12.1 Å². The molecule has 1 aromatic heterocycles. The van der Waals surface area contributed by atoms with Crippen LogP contribution in [0, 0.1) is 0 Å². The van der Waals surface area contributed by atoms with Crippen molar-refractivity contribution in [1.29, 1.82) is 0 Å². The fourth-order valence-corrected chi connectivity index (χ4v) is 1.95. The van der Waals surface area contributed by atoms with Gasteiger partial charge in [-0.1, -0.05) is 11.6 Å². The summed E-state index contributed by atoms with van der Waals surface area (Å²) in [6.45, 7) is 0.508. The number of carboxylic acids is 1. The largest absolute Gasteiger partial charge is 0.478 e. The van der Waals surface area contributed by atoms with Crippen LogP contribution >= 0.6 is 27.5 Å². The topological polar surface area (TPSA) is 62.2 Å². The van der Waals surface area contributed by atoms with Crippen LogP contribution in [0.15, 0.2) is 41.0 Å². The SMILES string of the molecule is O=C(O)c1ccc(CNc2ccc(Cl)c(Br)c2)nc1. The van der Waals surface area contributed by atoms with Gasteiger partial charge in [-0.3, -0.25) is 4.98 Å². The molecule has 0 radical (unpaired) electrons. The summed E-state index contributed by atoms with van der Waals surface area (Å²) in [4.78, 5) is 14.8. The van der Waals surface area contributed by atoms with E-state index in [9.17, 15) is 4.79 Å². The first kappa shape index (κ1) is 13.8. The minimum absolute atomic E-state index is 0.179. The first-order chi connectivity index (χ1) is 9.06. The van der Waals surface area contributed by atoms with E-state index in [4.69, 9.17) is 16.7 Å². The zero-order valence-electron chi connectivity index (χ0n) is 9.73. The second kappa shape index (κ2) is 6.04. The van der Waals surface area contributed by atoms with E-state index >= 15 is 0 Å². The molecule has 1 heterocycles. The third-order valence-corrected chi connectivity index (χ3v) is 3.68. The van der Waals surface area contributed by atoms with E-state index in [-0.39, 0.29) is 5.56 Å². The van der Waals surface area contributed by atoms with Crippen LogP contribution < -0.4 is 5.32 Å². The second-order valence-electron chi connectivity index (χ2n) is 3.83. The van der Waals surface area contributed by atoms with Crippen molar-refractivity contribution in [1.82, 2.24) is 4.98 Å². The summed E-state index contributed by atoms with van der Waals surface area (Å²) in [5.74, 6) is -0.978. The maximum Gasteiger partial charge on any atom is 0.337 e. The van der Waals surface area contributed by atoms with Crippen LogP contribution in [0.4, 0.5) is 5.69 Å². The molecular formula is C13H10BrClN2O2. The lowest BCUT2D eigenvalue weighted by molar-refractivity contribution is 0.0696. The molecule has 0 spiro atoms. The molecule has 0 unspecified atom stereocenters. The molecule has 2 N–H and O–H groups in total. The van der Waals surface area contributed by atoms with Gasteiger partial charge in [0.25, 0.3) is 0 Å². The van der Waals surface area contributed by atoms with Crippen LogP contribution in [-0.4, -0.2) is 16.1 Å². The summed E-state index contributed by atoms with van der Waals surface area (Å²) in [5.41, 5.74) is 1.84. The normalized spacial score (nSPS) is 10.2. The van der Waals surface area contributed by atoms with Gasteiger partial charge >= 0.3 is 5.97 Å². The lowest BCUT2D eigenvalue weighted by atomic mass is 10.2. The van der Waals surface area contributed by atoms with Gasteiger partial charge in [0.2, 0.25) is 0 Å². The number of carbonyl (C=O) groups is 1.